The summed E-state index contributed by atoms with van der Waals surface area (Å²) in [7, 11) is 1.55. The number of phenolic OH excluding ortho intramolecular Hbond substituents is 1. The highest BCUT2D eigenvalue weighted by Gasteiger charge is 2.20. The number of para-hydroxylation sites is 1. The van der Waals surface area contributed by atoms with Gasteiger partial charge in [-0.2, -0.15) is 0 Å². The Morgan fingerprint density at radius 3 is 2.78 bits per heavy atom. The number of phenols is 1. The molecule has 3 rings (SSSR count). The number of aliphatic hydroxyl groups excluding tert-OH is 1. The Labute approximate surface area is 191 Å². The normalized spacial score (nSPS) is 12.2. The average Bonchev–Trinajstić information content (AvgIpc) is 3.19. The number of nitrogens with zero attached hydrogens (tertiary/aromatic N) is 5. The predicted octanol–water partition coefficient (Wildman–Crippen LogP) is 3.25. The Kier molecular flexibility index (Phi) is 8.46. The minimum absolute atomic E-state index is 0.0563. The Morgan fingerprint density at radius 2 is 2.06 bits per heavy atom. The zero-order valence-electron chi connectivity index (χ0n) is 18.4. The predicted molar refractivity (Wildman–Crippen MR) is 125 cm³/mol. The van der Waals surface area contributed by atoms with E-state index in [0.717, 1.165) is 17.8 Å². The quantitative estimate of drug-likeness (QED) is 0.295. The second-order valence-corrected chi connectivity index (χ2v) is 8.42. The van der Waals surface area contributed by atoms with Gasteiger partial charge in [0.05, 0.1) is 18.5 Å². The van der Waals surface area contributed by atoms with Crippen LogP contribution in [-0.2, 0) is 12.8 Å². The lowest BCUT2D eigenvalue weighted by Gasteiger charge is -2.16. The molecule has 3 aromatic rings. The summed E-state index contributed by atoms with van der Waals surface area (Å²) in [4.78, 5) is 8.71. The number of aromatic nitrogens is 5. The third-order valence-electron chi connectivity index (χ3n) is 4.60. The molecule has 0 fully saturated rings. The van der Waals surface area contributed by atoms with Crippen molar-refractivity contribution in [2.45, 2.75) is 38.4 Å². The number of aromatic hydroxyl groups is 1. The molecule has 0 bridgehead atoms. The number of nitrogens with one attached hydrogen (secondary N) is 1. The first-order valence-corrected chi connectivity index (χ1v) is 11.2. The molecular weight excluding hydrogens is 428 g/mol. The van der Waals surface area contributed by atoms with Crippen LogP contribution in [-0.4, -0.2) is 53.9 Å². The molecule has 0 radical (unpaired) electrons. The highest BCUT2D eigenvalue weighted by molar-refractivity contribution is 8.01. The van der Waals surface area contributed by atoms with Crippen LogP contribution in [0, 0.1) is 6.92 Å². The average molecular weight is 457 g/mol. The van der Waals surface area contributed by atoms with E-state index in [9.17, 15) is 5.11 Å². The zero-order chi connectivity index (χ0) is 22.9. The van der Waals surface area contributed by atoms with Gasteiger partial charge in [0, 0.05) is 37.1 Å². The summed E-state index contributed by atoms with van der Waals surface area (Å²) in [6, 6.07) is 5.09. The number of aliphatic hydroxyl groups is 1. The first kappa shape index (κ1) is 23.6. The van der Waals surface area contributed by atoms with Gasteiger partial charge in [-0.25, -0.2) is 0 Å². The number of aryl methyl sites for hydroxylation is 1. The lowest BCUT2D eigenvalue weighted by Crippen LogP contribution is -2.10. The van der Waals surface area contributed by atoms with Crippen molar-refractivity contribution in [2.24, 2.45) is 0 Å². The van der Waals surface area contributed by atoms with Gasteiger partial charge in [0.2, 0.25) is 5.95 Å². The van der Waals surface area contributed by atoms with E-state index in [0.29, 0.717) is 36.1 Å². The molecule has 0 aliphatic heterocycles. The molecule has 0 saturated carbocycles. The van der Waals surface area contributed by atoms with Gasteiger partial charge < -0.3 is 14.9 Å². The standard InChI is InChI=1S/C22H28N6O3S/c1-15-13-24-17(14-23-15)12-16(2)32-27-22-26-25-20(10-5-4-6-11-29)28(22)21-18(30)8-7-9-19(21)31-3/h4-5,7-9,13-14,16,29-30H,6,10-12H2,1-3H3,(H,26,27)/b5-4-. The number of rotatable bonds is 11. The van der Waals surface area contributed by atoms with E-state index in [-0.39, 0.29) is 17.6 Å². The maximum absolute atomic E-state index is 10.6. The number of hydrogen-bond donors (Lipinski definition) is 3. The van der Waals surface area contributed by atoms with Gasteiger partial charge in [0.1, 0.15) is 23.0 Å². The Balaban J connectivity index is 1.84. The molecule has 1 unspecified atom stereocenters. The minimum atomic E-state index is 0.0563. The van der Waals surface area contributed by atoms with E-state index in [1.807, 2.05) is 19.1 Å². The first-order chi connectivity index (χ1) is 15.5. The molecule has 3 N–H and O–H groups in total. The monoisotopic (exact) mass is 456 g/mol. The first-order valence-electron chi connectivity index (χ1n) is 10.3. The summed E-state index contributed by atoms with van der Waals surface area (Å²) in [5.41, 5.74) is 2.26. The van der Waals surface area contributed by atoms with Crippen molar-refractivity contribution in [3.8, 4) is 17.2 Å². The van der Waals surface area contributed by atoms with Crippen LogP contribution in [0.5, 0.6) is 11.5 Å². The molecule has 0 amide bonds. The van der Waals surface area contributed by atoms with E-state index in [4.69, 9.17) is 9.84 Å². The van der Waals surface area contributed by atoms with Gasteiger partial charge in [0.25, 0.3) is 0 Å². The minimum Gasteiger partial charge on any atom is -0.506 e. The summed E-state index contributed by atoms with van der Waals surface area (Å²) in [6.07, 6.45) is 9.12. The second-order valence-electron chi connectivity index (χ2n) is 7.17. The van der Waals surface area contributed by atoms with Crippen molar-refractivity contribution in [2.75, 3.05) is 18.4 Å². The molecule has 32 heavy (non-hydrogen) atoms. The smallest absolute Gasteiger partial charge is 0.239 e. The van der Waals surface area contributed by atoms with E-state index >= 15 is 0 Å². The van der Waals surface area contributed by atoms with Crippen LogP contribution >= 0.6 is 11.9 Å². The fraction of sp³-hybridized carbons (Fsp3) is 0.364. The molecule has 0 saturated heterocycles. The molecule has 0 aliphatic carbocycles. The van der Waals surface area contributed by atoms with Crippen molar-refractivity contribution in [1.82, 2.24) is 24.7 Å². The summed E-state index contributed by atoms with van der Waals surface area (Å²) < 4.78 is 10.5. The van der Waals surface area contributed by atoms with Gasteiger partial charge in [-0.05, 0) is 37.4 Å². The van der Waals surface area contributed by atoms with E-state index in [1.54, 1.807) is 42.3 Å². The molecule has 2 aromatic heterocycles. The highest BCUT2D eigenvalue weighted by Crippen LogP contribution is 2.35. The van der Waals surface area contributed by atoms with Crippen molar-refractivity contribution in [1.29, 1.82) is 0 Å². The van der Waals surface area contributed by atoms with E-state index < -0.39 is 0 Å². The Morgan fingerprint density at radius 1 is 1.22 bits per heavy atom. The molecule has 9 nitrogen and oxygen atoms in total. The third kappa shape index (κ3) is 5.98. The number of benzene rings is 1. The van der Waals surface area contributed by atoms with E-state index in [2.05, 4.69) is 31.8 Å². The molecule has 10 heteroatoms. The Hall–Kier alpha value is -3.11. The number of allylic oxidation sites excluding steroid dienone is 1. The van der Waals surface area contributed by atoms with E-state index in [1.165, 1.54) is 11.9 Å². The van der Waals surface area contributed by atoms with Crippen LogP contribution in [0.4, 0.5) is 5.95 Å². The highest BCUT2D eigenvalue weighted by atomic mass is 32.2. The molecule has 1 atom stereocenters. The van der Waals surface area contributed by atoms with Crippen LogP contribution in [0.3, 0.4) is 0 Å². The number of ether oxygens (including phenoxy) is 1. The zero-order valence-corrected chi connectivity index (χ0v) is 19.2. The summed E-state index contributed by atoms with van der Waals surface area (Å²) in [6.45, 7) is 4.08. The Bertz CT molecular complexity index is 1040. The van der Waals surface area contributed by atoms with Gasteiger partial charge in [-0.15, -0.1) is 10.2 Å². The molecule has 2 heterocycles. The van der Waals surface area contributed by atoms with Crippen LogP contribution in [0.15, 0.2) is 42.7 Å². The SMILES string of the molecule is COc1cccc(O)c1-n1c(C/C=C\CCO)nnc1NSC(C)Cc1cnc(C)cn1. The van der Waals surface area contributed by atoms with Gasteiger partial charge in [-0.3, -0.25) is 19.3 Å². The van der Waals surface area contributed by atoms with Crippen LogP contribution in [0.1, 0.15) is 30.6 Å². The van der Waals surface area contributed by atoms with Gasteiger partial charge in [-0.1, -0.05) is 25.1 Å². The van der Waals surface area contributed by atoms with Crippen molar-refractivity contribution < 1.29 is 14.9 Å². The molecule has 0 spiro atoms. The van der Waals surface area contributed by atoms with Crippen LogP contribution in [0.25, 0.3) is 5.69 Å². The maximum atomic E-state index is 10.6. The number of hydrogen-bond acceptors (Lipinski definition) is 9. The second kappa shape index (κ2) is 11.5. The molecule has 1 aromatic carbocycles. The molecule has 170 valence electrons. The molecular formula is C22H28N6O3S. The number of methoxy groups -OCH3 is 1. The fourth-order valence-electron chi connectivity index (χ4n) is 3.05. The van der Waals surface area contributed by atoms with Crippen molar-refractivity contribution >= 4 is 17.9 Å². The lowest BCUT2D eigenvalue weighted by atomic mass is 10.2. The number of anilines is 1. The fourth-order valence-corrected chi connectivity index (χ4v) is 3.74. The maximum Gasteiger partial charge on any atom is 0.239 e. The van der Waals surface area contributed by atoms with Crippen molar-refractivity contribution in [3.63, 3.8) is 0 Å². The summed E-state index contributed by atoms with van der Waals surface area (Å²) >= 11 is 1.49. The molecule has 0 aliphatic rings. The van der Waals surface area contributed by atoms with Crippen LogP contribution < -0.4 is 9.46 Å². The van der Waals surface area contributed by atoms with Crippen LogP contribution in [0.2, 0.25) is 0 Å². The third-order valence-corrected chi connectivity index (χ3v) is 5.47. The van der Waals surface area contributed by atoms with Gasteiger partial charge >= 0.3 is 0 Å². The van der Waals surface area contributed by atoms with Crippen molar-refractivity contribution in [3.05, 3.63) is 60.0 Å². The topological polar surface area (TPSA) is 118 Å². The van der Waals surface area contributed by atoms with Gasteiger partial charge in [0.15, 0.2) is 0 Å². The lowest BCUT2D eigenvalue weighted by molar-refractivity contribution is 0.302. The largest absolute Gasteiger partial charge is 0.506 e. The summed E-state index contributed by atoms with van der Waals surface area (Å²) in [5.74, 6) is 1.66. The summed E-state index contributed by atoms with van der Waals surface area (Å²) in [5, 5.41) is 28.4.